The van der Waals surface area contributed by atoms with Gasteiger partial charge in [0.05, 0.1) is 30.1 Å². The normalized spacial score (nSPS) is 10.0. The topological polar surface area (TPSA) is 84.1 Å². The molecule has 2 N–H and O–H groups in total. The van der Waals surface area contributed by atoms with Gasteiger partial charge in [-0.1, -0.05) is 11.6 Å². The van der Waals surface area contributed by atoms with Gasteiger partial charge in [-0.3, -0.25) is 9.89 Å². The maximum atomic E-state index is 11.9. The molecule has 0 saturated heterocycles. The second-order valence-corrected chi connectivity index (χ2v) is 4.06. The van der Waals surface area contributed by atoms with Crippen LogP contribution < -0.4 is 5.32 Å². The monoisotopic (exact) mass is 279 g/mol. The molecule has 0 radical (unpaired) electrons. The molecule has 0 saturated carbocycles. The van der Waals surface area contributed by atoms with Crippen LogP contribution in [0, 0.1) is 0 Å². The predicted octanol–water partition coefficient (Wildman–Crippen LogP) is 2.10. The highest BCUT2D eigenvalue weighted by Crippen LogP contribution is 2.22. The molecule has 1 aromatic heterocycles. The van der Waals surface area contributed by atoms with Crippen LogP contribution in [0.3, 0.4) is 0 Å². The van der Waals surface area contributed by atoms with Crippen LogP contribution in [0.15, 0.2) is 30.6 Å². The van der Waals surface area contributed by atoms with Crippen molar-refractivity contribution in [2.45, 2.75) is 0 Å². The second-order valence-electron chi connectivity index (χ2n) is 3.62. The van der Waals surface area contributed by atoms with Crippen LogP contribution in [0.4, 0.5) is 5.69 Å². The number of nitrogens with one attached hydrogen (secondary N) is 2. The first-order chi connectivity index (χ1) is 9.11. The van der Waals surface area contributed by atoms with Crippen molar-refractivity contribution in [3.05, 3.63) is 46.7 Å². The Labute approximate surface area is 113 Å². The molecule has 7 heteroatoms. The minimum Gasteiger partial charge on any atom is -0.465 e. The molecule has 0 atom stereocenters. The molecule has 2 aromatic rings. The molecular formula is C12H10ClN3O3. The Hall–Kier alpha value is -2.34. The molecule has 0 aliphatic heterocycles. The summed E-state index contributed by atoms with van der Waals surface area (Å²) in [5.41, 5.74) is 0.852. The van der Waals surface area contributed by atoms with E-state index in [-0.39, 0.29) is 11.3 Å². The lowest BCUT2D eigenvalue weighted by Crippen LogP contribution is -2.14. The van der Waals surface area contributed by atoms with E-state index < -0.39 is 11.9 Å². The maximum absolute atomic E-state index is 11.9. The van der Waals surface area contributed by atoms with Crippen LogP contribution in [0.1, 0.15) is 20.7 Å². The van der Waals surface area contributed by atoms with Crippen molar-refractivity contribution in [2.75, 3.05) is 12.4 Å². The highest BCUT2D eigenvalue weighted by Gasteiger charge is 2.15. The Morgan fingerprint density at radius 1 is 1.42 bits per heavy atom. The quantitative estimate of drug-likeness (QED) is 0.843. The Morgan fingerprint density at radius 3 is 2.84 bits per heavy atom. The first-order valence-electron chi connectivity index (χ1n) is 5.30. The van der Waals surface area contributed by atoms with Gasteiger partial charge in [-0.15, -0.1) is 0 Å². The number of hydrogen-bond acceptors (Lipinski definition) is 4. The van der Waals surface area contributed by atoms with Gasteiger partial charge in [0.15, 0.2) is 0 Å². The molecule has 19 heavy (non-hydrogen) atoms. The Kier molecular flexibility index (Phi) is 3.82. The van der Waals surface area contributed by atoms with Crippen LogP contribution in [-0.2, 0) is 4.74 Å². The van der Waals surface area contributed by atoms with Crippen molar-refractivity contribution in [3.8, 4) is 0 Å². The van der Waals surface area contributed by atoms with E-state index in [1.54, 1.807) is 6.07 Å². The third-order valence-corrected chi connectivity index (χ3v) is 2.63. The van der Waals surface area contributed by atoms with Crippen molar-refractivity contribution in [2.24, 2.45) is 0 Å². The number of carbonyl (C=O) groups excluding carboxylic acids is 2. The number of methoxy groups -OCH3 is 1. The standard InChI is InChI=1S/C12H10ClN3O3/c1-19-12(18)9-3-2-8(13)4-10(9)16-11(17)7-5-14-15-6-7/h2-6H,1H3,(H,14,15)(H,16,17). The minimum absolute atomic E-state index is 0.226. The molecule has 1 heterocycles. The summed E-state index contributed by atoms with van der Waals surface area (Å²) in [5.74, 6) is -0.958. The van der Waals surface area contributed by atoms with Gasteiger partial charge in [-0.25, -0.2) is 4.79 Å². The van der Waals surface area contributed by atoms with Crippen LogP contribution in [-0.4, -0.2) is 29.2 Å². The van der Waals surface area contributed by atoms with E-state index in [9.17, 15) is 9.59 Å². The Bertz CT molecular complexity index is 611. The van der Waals surface area contributed by atoms with Crippen molar-refractivity contribution in [1.29, 1.82) is 0 Å². The molecular weight excluding hydrogens is 270 g/mol. The number of aromatic nitrogens is 2. The number of rotatable bonds is 3. The molecule has 1 amide bonds. The number of hydrogen-bond donors (Lipinski definition) is 2. The highest BCUT2D eigenvalue weighted by atomic mass is 35.5. The van der Waals surface area contributed by atoms with E-state index in [0.717, 1.165) is 0 Å². The number of benzene rings is 1. The van der Waals surface area contributed by atoms with E-state index in [1.165, 1.54) is 31.6 Å². The molecule has 0 aliphatic carbocycles. The van der Waals surface area contributed by atoms with E-state index in [1.807, 2.05) is 0 Å². The maximum Gasteiger partial charge on any atom is 0.339 e. The number of carbonyl (C=O) groups is 2. The van der Waals surface area contributed by atoms with Crippen LogP contribution in [0.2, 0.25) is 5.02 Å². The van der Waals surface area contributed by atoms with Gasteiger partial charge in [-0.2, -0.15) is 5.10 Å². The summed E-state index contributed by atoms with van der Waals surface area (Å²) in [6.45, 7) is 0. The summed E-state index contributed by atoms with van der Waals surface area (Å²) in [5, 5.41) is 9.18. The number of anilines is 1. The number of nitrogens with zero attached hydrogens (tertiary/aromatic N) is 1. The highest BCUT2D eigenvalue weighted by molar-refractivity contribution is 6.31. The third kappa shape index (κ3) is 2.92. The number of aromatic amines is 1. The van der Waals surface area contributed by atoms with Gasteiger partial charge in [0, 0.05) is 11.2 Å². The fourth-order valence-electron chi connectivity index (χ4n) is 1.48. The molecule has 0 unspecified atom stereocenters. The third-order valence-electron chi connectivity index (χ3n) is 2.40. The second kappa shape index (κ2) is 5.53. The lowest BCUT2D eigenvalue weighted by atomic mass is 10.1. The summed E-state index contributed by atoms with van der Waals surface area (Å²) in [6, 6.07) is 4.51. The first-order valence-corrected chi connectivity index (χ1v) is 5.67. The number of H-pyrrole nitrogens is 1. The minimum atomic E-state index is -0.556. The lowest BCUT2D eigenvalue weighted by molar-refractivity contribution is 0.0602. The average molecular weight is 280 g/mol. The molecule has 0 fully saturated rings. The van der Waals surface area contributed by atoms with E-state index in [0.29, 0.717) is 10.6 Å². The molecule has 0 spiro atoms. The number of ether oxygens (including phenoxy) is 1. The average Bonchev–Trinajstić information content (AvgIpc) is 2.92. The molecule has 0 aliphatic rings. The Balaban J connectivity index is 2.31. The van der Waals surface area contributed by atoms with Crippen LogP contribution in [0.5, 0.6) is 0 Å². The van der Waals surface area contributed by atoms with Gasteiger partial charge < -0.3 is 10.1 Å². The molecule has 6 nitrogen and oxygen atoms in total. The van der Waals surface area contributed by atoms with Gasteiger partial charge in [0.1, 0.15) is 0 Å². The lowest BCUT2D eigenvalue weighted by Gasteiger charge is -2.09. The summed E-state index contributed by atoms with van der Waals surface area (Å²) in [7, 11) is 1.26. The van der Waals surface area contributed by atoms with Crippen molar-refractivity contribution < 1.29 is 14.3 Å². The van der Waals surface area contributed by atoms with Gasteiger partial charge in [0.25, 0.3) is 5.91 Å². The SMILES string of the molecule is COC(=O)c1ccc(Cl)cc1NC(=O)c1cn[nH]c1. The van der Waals surface area contributed by atoms with E-state index in [4.69, 9.17) is 11.6 Å². The molecule has 2 rings (SSSR count). The zero-order chi connectivity index (χ0) is 13.8. The van der Waals surface area contributed by atoms with Crippen molar-refractivity contribution in [1.82, 2.24) is 10.2 Å². The number of esters is 1. The summed E-state index contributed by atoms with van der Waals surface area (Å²) < 4.78 is 4.64. The van der Waals surface area contributed by atoms with E-state index in [2.05, 4.69) is 20.3 Å². The first kappa shape index (κ1) is 13.1. The predicted molar refractivity (Wildman–Crippen MR) is 69.3 cm³/mol. The van der Waals surface area contributed by atoms with Crippen molar-refractivity contribution in [3.63, 3.8) is 0 Å². The van der Waals surface area contributed by atoms with Crippen LogP contribution >= 0.6 is 11.6 Å². The summed E-state index contributed by atoms with van der Waals surface area (Å²) >= 11 is 5.85. The molecule has 0 bridgehead atoms. The summed E-state index contributed by atoms with van der Waals surface area (Å²) in [4.78, 5) is 23.5. The Morgan fingerprint density at radius 2 is 2.21 bits per heavy atom. The van der Waals surface area contributed by atoms with E-state index >= 15 is 0 Å². The zero-order valence-corrected chi connectivity index (χ0v) is 10.7. The van der Waals surface area contributed by atoms with Crippen molar-refractivity contribution >= 4 is 29.2 Å². The smallest absolute Gasteiger partial charge is 0.339 e. The fraction of sp³-hybridized carbons (Fsp3) is 0.0833. The number of halogens is 1. The number of amides is 1. The molecule has 98 valence electrons. The summed E-state index contributed by atoms with van der Waals surface area (Å²) in [6.07, 6.45) is 2.81. The van der Waals surface area contributed by atoms with Crippen LogP contribution in [0.25, 0.3) is 0 Å². The largest absolute Gasteiger partial charge is 0.465 e. The fourth-order valence-corrected chi connectivity index (χ4v) is 1.65. The van der Waals surface area contributed by atoms with Gasteiger partial charge in [-0.05, 0) is 18.2 Å². The zero-order valence-electron chi connectivity index (χ0n) is 9.94. The molecule has 1 aromatic carbocycles. The van der Waals surface area contributed by atoms with Gasteiger partial charge in [0.2, 0.25) is 0 Å². The van der Waals surface area contributed by atoms with Gasteiger partial charge >= 0.3 is 5.97 Å².